The van der Waals surface area contributed by atoms with E-state index in [0.29, 0.717) is 0 Å². The quantitative estimate of drug-likeness (QED) is 0.530. The molecule has 1 aliphatic heterocycles. The van der Waals surface area contributed by atoms with Crippen molar-refractivity contribution in [3.05, 3.63) is 22.6 Å². The van der Waals surface area contributed by atoms with Gasteiger partial charge in [0.2, 0.25) is 6.33 Å². The van der Waals surface area contributed by atoms with Crippen LogP contribution < -0.4 is 0 Å². The van der Waals surface area contributed by atoms with Crippen molar-refractivity contribution >= 4 is 5.82 Å². The van der Waals surface area contributed by atoms with Crippen molar-refractivity contribution in [2.45, 2.75) is 24.9 Å². The minimum atomic E-state index is -0.767. The normalized spacial score (nSPS) is 29.5. The molecule has 0 bridgehead atoms. The van der Waals surface area contributed by atoms with Gasteiger partial charge in [0.25, 0.3) is 0 Å². The standard InChI is InChI=1S/C8H11N3O5/c12-3-6-5(13)1-8(16-6)10-2-7(9-4-10)11(14)15/h2,4-6,8,12-13H,1,3H2/t5-,6+,8+/m0/s1. The Morgan fingerprint density at radius 3 is 3.00 bits per heavy atom. The van der Waals surface area contributed by atoms with Crippen molar-refractivity contribution in [2.75, 3.05) is 6.61 Å². The van der Waals surface area contributed by atoms with Gasteiger partial charge in [-0.05, 0) is 9.91 Å². The van der Waals surface area contributed by atoms with E-state index in [1.165, 1.54) is 17.1 Å². The molecule has 1 aromatic rings. The molecule has 8 nitrogen and oxygen atoms in total. The van der Waals surface area contributed by atoms with Crippen LogP contribution >= 0.6 is 0 Å². The zero-order valence-electron chi connectivity index (χ0n) is 8.26. The number of aromatic nitrogens is 2. The van der Waals surface area contributed by atoms with Gasteiger partial charge in [-0.2, -0.15) is 0 Å². The number of aliphatic hydroxyl groups is 2. The van der Waals surface area contributed by atoms with Crippen molar-refractivity contribution in [3.8, 4) is 0 Å². The summed E-state index contributed by atoms with van der Waals surface area (Å²) in [6, 6.07) is 0. The maximum atomic E-state index is 10.4. The first-order valence-corrected chi connectivity index (χ1v) is 4.74. The number of rotatable bonds is 3. The monoisotopic (exact) mass is 229 g/mol. The Labute approximate surface area is 90.2 Å². The van der Waals surface area contributed by atoms with Crippen molar-refractivity contribution < 1.29 is 19.9 Å². The Morgan fingerprint density at radius 2 is 2.50 bits per heavy atom. The largest absolute Gasteiger partial charge is 0.394 e. The van der Waals surface area contributed by atoms with Crippen LogP contribution in [0.2, 0.25) is 0 Å². The number of nitro groups is 1. The van der Waals surface area contributed by atoms with E-state index in [9.17, 15) is 15.2 Å². The van der Waals surface area contributed by atoms with Crippen molar-refractivity contribution in [1.82, 2.24) is 9.55 Å². The van der Waals surface area contributed by atoms with Crippen LogP contribution in [0, 0.1) is 10.1 Å². The maximum Gasteiger partial charge on any atom is 0.381 e. The predicted molar refractivity (Wildman–Crippen MR) is 50.5 cm³/mol. The Balaban J connectivity index is 2.11. The molecule has 0 saturated carbocycles. The number of ether oxygens (including phenoxy) is 1. The van der Waals surface area contributed by atoms with Gasteiger partial charge in [0, 0.05) is 6.42 Å². The van der Waals surface area contributed by atoms with Crippen LogP contribution in [0.3, 0.4) is 0 Å². The van der Waals surface area contributed by atoms with Gasteiger partial charge in [0.1, 0.15) is 18.5 Å². The van der Waals surface area contributed by atoms with E-state index in [2.05, 4.69) is 4.98 Å². The van der Waals surface area contributed by atoms with E-state index in [1.807, 2.05) is 0 Å². The van der Waals surface area contributed by atoms with E-state index in [0.717, 1.165) is 0 Å². The molecule has 0 amide bonds. The molecule has 1 fully saturated rings. The summed E-state index contributed by atoms with van der Waals surface area (Å²) in [6.07, 6.45) is 0.849. The van der Waals surface area contributed by atoms with Crippen molar-refractivity contribution in [2.24, 2.45) is 0 Å². The van der Waals surface area contributed by atoms with E-state index in [1.54, 1.807) is 0 Å². The lowest BCUT2D eigenvalue weighted by Gasteiger charge is -2.11. The summed E-state index contributed by atoms with van der Waals surface area (Å²) in [5.74, 6) is -0.273. The smallest absolute Gasteiger partial charge is 0.381 e. The number of hydrogen-bond donors (Lipinski definition) is 2. The summed E-state index contributed by atoms with van der Waals surface area (Å²) in [4.78, 5) is 13.4. The molecule has 8 heteroatoms. The molecule has 0 aromatic carbocycles. The van der Waals surface area contributed by atoms with Crippen LogP contribution in [0.4, 0.5) is 5.82 Å². The third-order valence-corrected chi connectivity index (χ3v) is 2.49. The molecule has 2 N–H and O–H groups in total. The first-order chi connectivity index (χ1) is 7.61. The van der Waals surface area contributed by atoms with Gasteiger partial charge >= 0.3 is 5.82 Å². The Kier molecular flexibility index (Phi) is 2.86. The molecule has 0 unspecified atom stereocenters. The third-order valence-electron chi connectivity index (χ3n) is 2.49. The predicted octanol–water partition coefficient (Wildman–Crippen LogP) is -0.568. The Morgan fingerprint density at radius 1 is 1.75 bits per heavy atom. The first kappa shape index (κ1) is 11.0. The fourth-order valence-corrected chi connectivity index (χ4v) is 1.64. The molecule has 3 atom stereocenters. The zero-order chi connectivity index (χ0) is 11.7. The molecular formula is C8H11N3O5. The van der Waals surface area contributed by atoms with Crippen LogP contribution in [-0.2, 0) is 4.74 Å². The molecule has 1 aliphatic rings. The van der Waals surface area contributed by atoms with Crippen LogP contribution in [0.1, 0.15) is 12.6 Å². The highest BCUT2D eigenvalue weighted by Gasteiger charge is 2.35. The van der Waals surface area contributed by atoms with Crippen molar-refractivity contribution in [3.63, 3.8) is 0 Å². The molecule has 0 spiro atoms. The van der Waals surface area contributed by atoms with Gasteiger partial charge in [-0.1, -0.05) is 0 Å². The highest BCUT2D eigenvalue weighted by molar-refractivity contribution is 5.13. The van der Waals surface area contributed by atoms with Crippen LogP contribution in [0.5, 0.6) is 0 Å². The van der Waals surface area contributed by atoms with E-state index in [4.69, 9.17) is 9.84 Å². The zero-order valence-corrected chi connectivity index (χ0v) is 8.26. The summed E-state index contributed by atoms with van der Waals surface area (Å²) in [5.41, 5.74) is 0. The SMILES string of the molecule is O=[N+]([O-])c1cn([C@H]2C[C@H](O)[C@@H](CO)O2)cn1. The van der Waals surface area contributed by atoms with E-state index in [-0.39, 0.29) is 18.8 Å². The Bertz CT molecular complexity index is 393. The van der Waals surface area contributed by atoms with E-state index < -0.39 is 23.4 Å². The summed E-state index contributed by atoms with van der Waals surface area (Å²) in [6.45, 7) is -0.283. The average molecular weight is 229 g/mol. The lowest BCUT2D eigenvalue weighted by Crippen LogP contribution is -2.24. The highest BCUT2D eigenvalue weighted by atomic mass is 16.6. The molecule has 88 valence electrons. The van der Waals surface area contributed by atoms with Crippen LogP contribution in [-0.4, -0.2) is 43.5 Å². The second-order valence-corrected chi connectivity index (χ2v) is 3.55. The number of aliphatic hydroxyl groups excluding tert-OH is 2. The fourth-order valence-electron chi connectivity index (χ4n) is 1.64. The molecule has 0 aliphatic carbocycles. The van der Waals surface area contributed by atoms with E-state index >= 15 is 0 Å². The molecule has 16 heavy (non-hydrogen) atoms. The van der Waals surface area contributed by atoms with Gasteiger partial charge in [-0.15, -0.1) is 0 Å². The molecule has 1 saturated heterocycles. The average Bonchev–Trinajstić information content (AvgIpc) is 2.83. The first-order valence-electron chi connectivity index (χ1n) is 4.74. The van der Waals surface area contributed by atoms with Gasteiger partial charge < -0.3 is 25.1 Å². The molecule has 2 rings (SSSR count). The van der Waals surface area contributed by atoms with Gasteiger partial charge in [0.05, 0.1) is 12.7 Å². The minimum absolute atomic E-state index is 0.273. The fraction of sp³-hybridized carbons (Fsp3) is 0.625. The molecule has 0 radical (unpaired) electrons. The minimum Gasteiger partial charge on any atom is -0.394 e. The number of hydrogen-bond acceptors (Lipinski definition) is 6. The van der Waals surface area contributed by atoms with Crippen molar-refractivity contribution in [1.29, 1.82) is 0 Å². The van der Waals surface area contributed by atoms with Gasteiger partial charge in [-0.3, -0.25) is 4.57 Å². The second-order valence-electron chi connectivity index (χ2n) is 3.55. The number of nitrogens with zero attached hydrogens (tertiary/aromatic N) is 3. The molecular weight excluding hydrogens is 218 g/mol. The van der Waals surface area contributed by atoms with Crippen LogP contribution in [0.15, 0.2) is 12.5 Å². The lowest BCUT2D eigenvalue weighted by atomic mass is 10.2. The maximum absolute atomic E-state index is 10.4. The van der Waals surface area contributed by atoms with Gasteiger partial charge in [-0.25, -0.2) is 0 Å². The lowest BCUT2D eigenvalue weighted by molar-refractivity contribution is -0.389. The summed E-state index contributed by atoms with van der Waals surface area (Å²) < 4.78 is 6.72. The molecule has 1 aromatic heterocycles. The molecule has 2 heterocycles. The summed E-state index contributed by atoms with van der Waals surface area (Å²) in [5, 5.41) is 28.8. The highest BCUT2D eigenvalue weighted by Crippen LogP contribution is 2.29. The summed E-state index contributed by atoms with van der Waals surface area (Å²) in [7, 11) is 0. The Hall–Kier alpha value is -1.51. The van der Waals surface area contributed by atoms with Crippen LogP contribution in [0.25, 0.3) is 0 Å². The van der Waals surface area contributed by atoms with Gasteiger partial charge in [0.15, 0.2) is 0 Å². The number of imidazole rings is 1. The third kappa shape index (κ3) is 1.90. The summed E-state index contributed by atoms with van der Waals surface area (Å²) >= 11 is 0. The topological polar surface area (TPSA) is 111 Å². The second kappa shape index (κ2) is 4.16.